The predicted octanol–water partition coefficient (Wildman–Crippen LogP) is 2.14. The molecule has 0 aromatic heterocycles. The number of fused-ring (bicyclic) bond motifs is 3. The Morgan fingerprint density at radius 3 is 2.65 bits per heavy atom. The lowest BCUT2D eigenvalue weighted by Gasteiger charge is -2.45. The summed E-state index contributed by atoms with van der Waals surface area (Å²) < 4.78 is 39.8. The van der Waals surface area contributed by atoms with Crippen molar-refractivity contribution in [2.75, 3.05) is 26.2 Å². The van der Waals surface area contributed by atoms with Gasteiger partial charge >= 0.3 is 6.18 Å². The van der Waals surface area contributed by atoms with Gasteiger partial charge in [0.05, 0.1) is 12.5 Å². The summed E-state index contributed by atoms with van der Waals surface area (Å²) >= 11 is 0. The Balaban J connectivity index is 1.38. The third kappa shape index (κ3) is 3.39. The van der Waals surface area contributed by atoms with E-state index in [-0.39, 0.29) is 30.6 Å². The molecule has 8 heteroatoms. The molecule has 1 amide bonds. The van der Waals surface area contributed by atoms with Crippen LogP contribution in [0.1, 0.15) is 19.3 Å². The molecule has 3 saturated heterocycles. The van der Waals surface area contributed by atoms with Gasteiger partial charge in [-0.3, -0.25) is 9.80 Å². The number of hydrogen-bond donors (Lipinski definition) is 1. The van der Waals surface area contributed by atoms with E-state index >= 15 is 0 Å². The zero-order chi connectivity index (χ0) is 18.3. The number of halogens is 3. The maximum absolute atomic E-state index is 13.3. The Labute approximate surface area is 150 Å². The maximum atomic E-state index is 13.3. The lowest BCUT2D eigenvalue weighted by atomic mass is 9.84. The summed E-state index contributed by atoms with van der Waals surface area (Å²) in [6.07, 6.45) is 3.85. The minimum atomic E-state index is -4.32. The van der Waals surface area contributed by atoms with Gasteiger partial charge in [0.25, 0.3) is 0 Å². The number of alkyl halides is 3. The summed E-state index contributed by atoms with van der Waals surface area (Å²) in [7, 11) is 0. The number of rotatable bonds is 3. The smallest absolute Gasteiger partial charge is 0.351 e. The lowest BCUT2D eigenvalue weighted by Crippen LogP contribution is -2.58. The molecule has 5 aliphatic rings. The average Bonchev–Trinajstić information content (AvgIpc) is 3.12. The van der Waals surface area contributed by atoms with Gasteiger partial charge in [-0.15, -0.1) is 0 Å². The van der Waals surface area contributed by atoms with E-state index in [4.69, 9.17) is 0 Å². The van der Waals surface area contributed by atoms with Crippen molar-refractivity contribution in [1.82, 2.24) is 15.2 Å². The summed E-state index contributed by atoms with van der Waals surface area (Å²) in [5.74, 6) is -1.69. The van der Waals surface area contributed by atoms with Crippen molar-refractivity contribution < 1.29 is 18.0 Å². The highest BCUT2D eigenvalue weighted by Gasteiger charge is 2.45. The zero-order valence-electron chi connectivity index (χ0n) is 14.5. The van der Waals surface area contributed by atoms with Crippen LogP contribution in [-0.2, 0) is 4.79 Å². The molecule has 5 rings (SSSR count). The molecule has 4 heterocycles. The molecule has 4 aliphatic heterocycles. The summed E-state index contributed by atoms with van der Waals surface area (Å²) in [4.78, 5) is 14.9. The van der Waals surface area contributed by atoms with E-state index in [0.29, 0.717) is 5.92 Å². The molecule has 0 saturated carbocycles. The third-order valence-electron chi connectivity index (χ3n) is 5.90. The van der Waals surface area contributed by atoms with Gasteiger partial charge in [-0.2, -0.15) is 18.3 Å². The molecule has 1 N–H and O–H groups in total. The number of allylic oxidation sites excluding steroid dienone is 4. The molecule has 1 aliphatic carbocycles. The first-order chi connectivity index (χ1) is 12.4. The lowest BCUT2D eigenvalue weighted by molar-refractivity contribution is -0.168. The number of hydrogen-bond acceptors (Lipinski definition) is 4. The highest BCUT2D eigenvalue weighted by atomic mass is 19.4. The Kier molecular flexibility index (Phi) is 4.54. The zero-order valence-corrected chi connectivity index (χ0v) is 14.5. The first-order valence-electron chi connectivity index (χ1n) is 9.19. The Hall–Kier alpha value is -1.83. The molecule has 0 radical (unpaired) electrons. The van der Waals surface area contributed by atoms with E-state index in [9.17, 15) is 18.0 Å². The summed E-state index contributed by atoms with van der Waals surface area (Å²) in [6, 6.07) is 0.146. The van der Waals surface area contributed by atoms with Crippen LogP contribution in [0.3, 0.4) is 0 Å². The van der Waals surface area contributed by atoms with Crippen LogP contribution in [0.25, 0.3) is 0 Å². The van der Waals surface area contributed by atoms with Crippen molar-refractivity contribution in [2.45, 2.75) is 31.5 Å². The molecule has 2 bridgehead atoms. The topological polar surface area (TPSA) is 47.9 Å². The molecule has 142 valence electrons. The van der Waals surface area contributed by atoms with E-state index in [1.807, 2.05) is 0 Å². The summed E-state index contributed by atoms with van der Waals surface area (Å²) in [5.41, 5.74) is 0.120. The number of nitrogens with zero attached hydrogens (tertiary/aromatic N) is 3. The largest absolute Gasteiger partial charge is 0.397 e. The summed E-state index contributed by atoms with van der Waals surface area (Å²) in [6.45, 7) is 3.22. The quantitative estimate of drug-likeness (QED) is 0.830. The van der Waals surface area contributed by atoms with E-state index in [0.717, 1.165) is 32.5 Å². The van der Waals surface area contributed by atoms with Gasteiger partial charge in [0, 0.05) is 24.5 Å². The molecular formula is C18H23F3N4O. The molecule has 0 spiro atoms. The first kappa shape index (κ1) is 17.6. The minimum absolute atomic E-state index is 0.0855. The van der Waals surface area contributed by atoms with Crippen molar-refractivity contribution in [3.63, 3.8) is 0 Å². The molecule has 1 unspecified atom stereocenters. The third-order valence-corrected chi connectivity index (χ3v) is 5.90. The van der Waals surface area contributed by atoms with Crippen LogP contribution in [-0.4, -0.2) is 60.4 Å². The second kappa shape index (κ2) is 6.72. The van der Waals surface area contributed by atoms with Crippen molar-refractivity contribution in [3.05, 3.63) is 23.9 Å². The molecule has 0 aromatic rings. The average molecular weight is 368 g/mol. The standard InChI is InChI=1S/C18H23F3N4O/c19-18(20,21)14-3-1-2-4-16(14)25-10-13(9-22-25)17(26)23-15-11-24-7-5-12(15)6-8-24/h1-2,4,9,12-15H,3,5-8,10-11H2,(H,23,26)/t13-,14+,15?/m1/s1. The molecule has 0 aromatic carbocycles. The molecule has 5 nitrogen and oxygen atoms in total. The maximum Gasteiger partial charge on any atom is 0.397 e. The fourth-order valence-electron chi connectivity index (χ4n) is 4.37. The Bertz CT molecular complexity index is 649. The number of amides is 1. The Morgan fingerprint density at radius 1 is 1.23 bits per heavy atom. The number of nitrogens with one attached hydrogen (secondary N) is 1. The van der Waals surface area contributed by atoms with Gasteiger partial charge in [-0.05, 0) is 44.3 Å². The summed E-state index contributed by atoms with van der Waals surface area (Å²) in [5, 5.41) is 8.54. The molecular weight excluding hydrogens is 345 g/mol. The van der Waals surface area contributed by atoms with Gasteiger partial charge in [-0.1, -0.05) is 12.2 Å². The highest BCUT2D eigenvalue weighted by Crippen LogP contribution is 2.39. The monoisotopic (exact) mass is 368 g/mol. The van der Waals surface area contributed by atoms with Crippen molar-refractivity contribution >= 4 is 12.1 Å². The van der Waals surface area contributed by atoms with Crippen LogP contribution in [0.15, 0.2) is 29.0 Å². The number of carbonyl (C=O) groups is 1. The van der Waals surface area contributed by atoms with Crippen LogP contribution in [0.4, 0.5) is 13.2 Å². The normalized spacial score (nSPS) is 36.3. The van der Waals surface area contributed by atoms with Crippen LogP contribution in [0.2, 0.25) is 0 Å². The van der Waals surface area contributed by atoms with Crippen LogP contribution in [0, 0.1) is 17.8 Å². The van der Waals surface area contributed by atoms with E-state index in [1.54, 1.807) is 6.08 Å². The highest BCUT2D eigenvalue weighted by molar-refractivity contribution is 5.94. The van der Waals surface area contributed by atoms with Gasteiger partial charge < -0.3 is 10.2 Å². The Morgan fingerprint density at radius 2 is 2.00 bits per heavy atom. The number of hydrazone groups is 1. The minimum Gasteiger partial charge on any atom is -0.351 e. The molecule has 3 atom stereocenters. The van der Waals surface area contributed by atoms with Gasteiger partial charge in [0.1, 0.15) is 5.92 Å². The van der Waals surface area contributed by atoms with Crippen LogP contribution < -0.4 is 5.32 Å². The van der Waals surface area contributed by atoms with Gasteiger partial charge in [0.15, 0.2) is 0 Å². The van der Waals surface area contributed by atoms with E-state index in [1.165, 1.54) is 23.4 Å². The fourth-order valence-corrected chi connectivity index (χ4v) is 4.37. The van der Waals surface area contributed by atoms with E-state index in [2.05, 4.69) is 15.3 Å². The second-order valence-electron chi connectivity index (χ2n) is 7.56. The van der Waals surface area contributed by atoms with Crippen molar-refractivity contribution in [2.24, 2.45) is 22.9 Å². The van der Waals surface area contributed by atoms with E-state index < -0.39 is 18.0 Å². The first-order valence-corrected chi connectivity index (χ1v) is 9.19. The molecule has 26 heavy (non-hydrogen) atoms. The number of carbonyl (C=O) groups excluding carboxylic acids is 1. The van der Waals surface area contributed by atoms with Crippen LogP contribution >= 0.6 is 0 Å². The van der Waals surface area contributed by atoms with Crippen molar-refractivity contribution in [1.29, 1.82) is 0 Å². The van der Waals surface area contributed by atoms with Crippen molar-refractivity contribution in [3.8, 4) is 0 Å². The molecule has 3 fully saturated rings. The van der Waals surface area contributed by atoms with Gasteiger partial charge in [-0.25, -0.2) is 0 Å². The predicted molar refractivity (Wildman–Crippen MR) is 91.2 cm³/mol. The van der Waals surface area contributed by atoms with Gasteiger partial charge in [0.2, 0.25) is 5.91 Å². The number of piperidine rings is 3. The second-order valence-corrected chi connectivity index (χ2v) is 7.56. The van der Waals surface area contributed by atoms with Crippen LogP contribution in [0.5, 0.6) is 0 Å². The fraction of sp³-hybridized carbons (Fsp3) is 0.667. The SMILES string of the molecule is O=C(NC1CN2CCC1CC2)[C@@H]1C=NN(C2=CC=CC[C@@H]2C(F)(F)F)C1.